The molecular weight excluding hydrogens is 193 g/mol. The van der Waals surface area contributed by atoms with E-state index in [1.807, 2.05) is 13.8 Å². The van der Waals surface area contributed by atoms with Gasteiger partial charge in [-0.1, -0.05) is 13.8 Å². The molecule has 0 fully saturated rings. The van der Waals surface area contributed by atoms with Gasteiger partial charge in [-0.15, -0.1) is 0 Å². The molecule has 0 radical (unpaired) electrons. The lowest BCUT2D eigenvalue weighted by atomic mass is 10.0. The van der Waals surface area contributed by atoms with Gasteiger partial charge in [0.15, 0.2) is 0 Å². The summed E-state index contributed by atoms with van der Waals surface area (Å²) in [7, 11) is 0. The van der Waals surface area contributed by atoms with Gasteiger partial charge >= 0.3 is 0 Å². The molecule has 3 heteroatoms. The van der Waals surface area contributed by atoms with Crippen molar-refractivity contribution < 1.29 is 9.18 Å². The molecule has 0 spiro atoms. The summed E-state index contributed by atoms with van der Waals surface area (Å²) >= 11 is 0. The number of nitrogens with one attached hydrogen (secondary N) is 1. The molecule has 0 saturated heterocycles. The number of anilines is 1. The van der Waals surface area contributed by atoms with E-state index >= 15 is 0 Å². The van der Waals surface area contributed by atoms with Crippen molar-refractivity contribution in [3.8, 4) is 0 Å². The molecule has 1 rings (SSSR count). The molecule has 1 N–H and O–H groups in total. The largest absolute Gasteiger partial charge is 0.326 e. The van der Waals surface area contributed by atoms with Crippen molar-refractivity contribution >= 4 is 11.6 Å². The van der Waals surface area contributed by atoms with Crippen LogP contribution in [0.25, 0.3) is 0 Å². The zero-order valence-corrected chi connectivity index (χ0v) is 9.36. The molecule has 0 atom stereocenters. The number of benzene rings is 1. The highest BCUT2D eigenvalue weighted by Crippen LogP contribution is 2.24. The van der Waals surface area contributed by atoms with Crippen LogP contribution in [0.2, 0.25) is 0 Å². The lowest BCUT2D eigenvalue weighted by Crippen LogP contribution is -2.10. The third kappa shape index (κ3) is 2.78. The van der Waals surface area contributed by atoms with E-state index < -0.39 is 0 Å². The van der Waals surface area contributed by atoms with Gasteiger partial charge in [-0.2, -0.15) is 0 Å². The van der Waals surface area contributed by atoms with Gasteiger partial charge in [0, 0.05) is 12.6 Å². The Morgan fingerprint density at radius 2 is 1.73 bits per heavy atom. The first-order chi connectivity index (χ1) is 7.08. The number of hydrogen-bond acceptors (Lipinski definition) is 1. The minimum Gasteiger partial charge on any atom is -0.326 e. The highest BCUT2D eigenvalue weighted by Gasteiger charge is 2.09. The van der Waals surface area contributed by atoms with E-state index in [0.717, 1.165) is 16.8 Å². The molecule has 1 aromatic carbocycles. The fraction of sp³-hybridized carbons (Fsp3) is 0.417. The average Bonchev–Trinajstić information content (AvgIpc) is 2.19. The predicted octanol–water partition coefficient (Wildman–Crippen LogP) is 2.91. The van der Waals surface area contributed by atoms with Gasteiger partial charge in [-0.25, -0.2) is 4.39 Å². The normalized spacial score (nSPS) is 10.1. The summed E-state index contributed by atoms with van der Waals surface area (Å²) in [5.74, 6) is -0.358. The molecule has 0 bridgehead atoms. The van der Waals surface area contributed by atoms with Crippen molar-refractivity contribution in [2.24, 2.45) is 0 Å². The second-order valence-corrected chi connectivity index (χ2v) is 3.49. The lowest BCUT2D eigenvalue weighted by Gasteiger charge is -2.13. The van der Waals surface area contributed by atoms with Crippen molar-refractivity contribution in [3.63, 3.8) is 0 Å². The van der Waals surface area contributed by atoms with Crippen LogP contribution in [0, 0.1) is 5.82 Å². The third-order valence-corrected chi connectivity index (χ3v) is 2.33. The van der Waals surface area contributed by atoms with Gasteiger partial charge < -0.3 is 5.32 Å². The highest BCUT2D eigenvalue weighted by molar-refractivity contribution is 5.90. The van der Waals surface area contributed by atoms with Crippen molar-refractivity contribution in [1.82, 2.24) is 0 Å². The van der Waals surface area contributed by atoms with E-state index in [9.17, 15) is 9.18 Å². The Bertz CT molecular complexity index is 349. The zero-order chi connectivity index (χ0) is 11.4. The van der Waals surface area contributed by atoms with E-state index in [-0.39, 0.29) is 11.7 Å². The predicted molar refractivity (Wildman–Crippen MR) is 59.5 cm³/mol. The summed E-state index contributed by atoms with van der Waals surface area (Å²) in [6, 6.07) is 2.95. The van der Waals surface area contributed by atoms with Gasteiger partial charge in [-0.3, -0.25) is 4.79 Å². The molecule has 0 aliphatic carbocycles. The maximum atomic E-state index is 13.2. The summed E-state index contributed by atoms with van der Waals surface area (Å²) < 4.78 is 13.2. The molecule has 0 aliphatic rings. The van der Waals surface area contributed by atoms with E-state index in [4.69, 9.17) is 0 Å². The molecule has 82 valence electrons. The van der Waals surface area contributed by atoms with Crippen molar-refractivity contribution in [2.75, 3.05) is 5.32 Å². The van der Waals surface area contributed by atoms with Crippen LogP contribution in [0.4, 0.5) is 10.1 Å². The first-order valence-electron chi connectivity index (χ1n) is 5.17. The molecule has 2 nitrogen and oxygen atoms in total. The molecule has 15 heavy (non-hydrogen) atoms. The monoisotopic (exact) mass is 209 g/mol. The minimum atomic E-state index is -0.238. The van der Waals surface area contributed by atoms with Gasteiger partial charge in [0.2, 0.25) is 5.91 Å². The summed E-state index contributed by atoms with van der Waals surface area (Å²) in [5, 5.41) is 2.77. The van der Waals surface area contributed by atoms with E-state index in [0.29, 0.717) is 12.8 Å². The summed E-state index contributed by atoms with van der Waals surface area (Å²) in [6.45, 7) is 5.35. The summed E-state index contributed by atoms with van der Waals surface area (Å²) in [6.07, 6.45) is 1.42. The van der Waals surface area contributed by atoms with Crippen molar-refractivity contribution in [1.29, 1.82) is 0 Å². The summed E-state index contributed by atoms with van der Waals surface area (Å²) in [4.78, 5) is 11.0. The number of aryl methyl sites for hydroxylation is 2. The van der Waals surface area contributed by atoms with Crippen LogP contribution in [-0.2, 0) is 17.6 Å². The van der Waals surface area contributed by atoms with Crippen LogP contribution in [-0.4, -0.2) is 5.91 Å². The molecule has 0 heterocycles. The molecule has 0 unspecified atom stereocenters. The standard InChI is InChI=1S/C12H16FNO/c1-4-9-6-11(13)7-10(5-2)12(9)14-8(3)15/h6-7H,4-5H2,1-3H3,(H,14,15). The molecule has 1 aromatic rings. The Labute approximate surface area is 89.5 Å². The summed E-state index contributed by atoms with van der Waals surface area (Å²) in [5.41, 5.74) is 2.47. The number of carbonyl (C=O) groups excluding carboxylic acids is 1. The van der Waals surface area contributed by atoms with Crippen molar-refractivity contribution in [2.45, 2.75) is 33.6 Å². The Morgan fingerprint density at radius 1 is 1.27 bits per heavy atom. The number of amides is 1. The van der Waals surface area contributed by atoms with Gasteiger partial charge in [0.1, 0.15) is 5.82 Å². The van der Waals surface area contributed by atoms with E-state index in [1.54, 1.807) is 0 Å². The second-order valence-electron chi connectivity index (χ2n) is 3.49. The molecular formula is C12H16FNO. The Kier molecular flexibility index (Phi) is 3.83. The fourth-order valence-corrected chi connectivity index (χ4v) is 1.62. The van der Waals surface area contributed by atoms with E-state index in [2.05, 4.69) is 5.32 Å². The first kappa shape index (κ1) is 11.7. The van der Waals surface area contributed by atoms with Gasteiger partial charge in [0.05, 0.1) is 0 Å². The Balaban J connectivity index is 3.23. The number of carbonyl (C=O) groups is 1. The quantitative estimate of drug-likeness (QED) is 0.814. The molecule has 0 saturated carbocycles. The van der Waals surface area contributed by atoms with Crippen LogP contribution < -0.4 is 5.32 Å². The average molecular weight is 209 g/mol. The Hall–Kier alpha value is -1.38. The van der Waals surface area contributed by atoms with E-state index in [1.165, 1.54) is 19.1 Å². The lowest BCUT2D eigenvalue weighted by molar-refractivity contribution is -0.114. The van der Waals surface area contributed by atoms with Crippen LogP contribution in [0.15, 0.2) is 12.1 Å². The van der Waals surface area contributed by atoms with Crippen LogP contribution in [0.1, 0.15) is 31.9 Å². The van der Waals surface area contributed by atoms with Crippen LogP contribution in [0.5, 0.6) is 0 Å². The highest BCUT2D eigenvalue weighted by atomic mass is 19.1. The van der Waals surface area contributed by atoms with Gasteiger partial charge in [0.25, 0.3) is 0 Å². The minimum absolute atomic E-state index is 0.119. The second kappa shape index (κ2) is 4.91. The van der Waals surface area contributed by atoms with Gasteiger partial charge in [-0.05, 0) is 36.1 Å². The number of rotatable bonds is 3. The van der Waals surface area contributed by atoms with Crippen molar-refractivity contribution in [3.05, 3.63) is 29.1 Å². The first-order valence-corrected chi connectivity index (χ1v) is 5.17. The SMILES string of the molecule is CCc1cc(F)cc(CC)c1NC(C)=O. The fourth-order valence-electron chi connectivity index (χ4n) is 1.62. The smallest absolute Gasteiger partial charge is 0.221 e. The maximum absolute atomic E-state index is 13.2. The molecule has 1 amide bonds. The number of hydrogen-bond donors (Lipinski definition) is 1. The topological polar surface area (TPSA) is 29.1 Å². The molecule has 0 aromatic heterocycles. The van der Waals surface area contributed by atoms with Crippen LogP contribution in [0.3, 0.4) is 0 Å². The zero-order valence-electron chi connectivity index (χ0n) is 9.36. The third-order valence-electron chi connectivity index (χ3n) is 2.33. The number of halogens is 1. The molecule has 0 aliphatic heterocycles. The van der Waals surface area contributed by atoms with Crippen LogP contribution >= 0.6 is 0 Å². The Morgan fingerprint density at radius 3 is 2.07 bits per heavy atom. The maximum Gasteiger partial charge on any atom is 0.221 e.